The van der Waals surface area contributed by atoms with Crippen molar-refractivity contribution in [1.29, 1.82) is 0 Å². The van der Waals surface area contributed by atoms with E-state index in [-0.39, 0.29) is 0 Å². The molecule has 1 aromatic carbocycles. The second-order valence-electron chi connectivity index (χ2n) is 9.05. The minimum atomic E-state index is -0.650. The summed E-state index contributed by atoms with van der Waals surface area (Å²) in [5, 5.41) is 10.1. The van der Waals surface area contributed by atoms with E-state index in [9.17, 15) is 9.90 Å². The van der Waals surface area contributed by atoms with Crippen LogP contribution < -0.4 is 0 Å². The molecule has 2 aliphatic carbocycles. The third-order valence-corrected chi connectivity index (χ3v) is 7.28. The number of hydrogen-bond donors (Lipinski definition) is 1. The highest BCUT2D eigenvalue weighted by Gasteiger charge is 2.43. The van der Waals surface area contributed by atoms with Crippen molar-refractivity contribution >= 4 is 5.97 Å². The van der Waals surface area contributed by atoms with Crippen LogP contribution in [0.15, 0.2) is 24.3 Å². The lowest BCUT2D eigenvalue weighted by Gasteiger charge is -2.37. The van der Waals surface area contributed by atoms with Crippen LogP contribution in [-0.4, -0.2) is 11.1 Å². The molecule has 2 nitrogen and oxygen atoms in total. The summed E-state index contributed by atoms with van der Waals surface area (Å²) in [5.74, 6) is 1.64. The van der Waals surface area contributed by atoms with Crippen molar-refractivity contribution < 1.29 is 9.90 Å². The molecule has 2 fully saturated rings. The zero-order chi connectivity index (χ0) is 18.6. The Labute approximate surface area is 159 Å². The zero-order valence-corrected chi connectivity index (χ0v) is 16.7. The van der Waals surface area contributed by atoms with Crippen LogP contribution in [0, 0.1) is 11.8 Å². The van der Waals surface area contributed by atoms with Gasteiger partial charge in [0.2, 0.25) is 0 Å². The van der Waals surface area contributed by atoms with E-state index in [1.165, 1.54) is 50.5 Å². The van der Waals surface area contributed by atoms with Crippen LogP contribution in [0.3, 0.4) is 0 Å². The first-order valence-corrected chi connectivity index (χ1v) is 10.9. The van der Waals surface area contributed by atoms with E-state index in [1.807, 2.05) is 0 Å². The number of rotatable bonds is 6. The highest BCUT2D eigenvalue weighted by atomic mass is 16.4. The number of benzene rings is 1. The van der Waals surface area contributed by atoms with E-state index in [1.54, 1.807) is 0 Å². The third-order valence-electron chi connectivity index (χ3n) is 7.28. The molecule has 3 rings (SSSR count). The van der Waals surface area contributed by atoms with Crippen molar-refractivity contribution in [2.45, 2.75) is 95.8 Å². The number of carbonyl (C=O) groups is 1. The maximum Gasteiger partial charge on any atom is 0.314 e. The number of hydrogen-bond acceptors (Lipinski definition) is 1. The fourth-order valence-electron chi connectivity index (χ4n) is 5.25. The van der Waals surface area contributed by atoms with Crippen molar-refractivity contribution in [2.75, 3.05) is 0 Å². The molecule has 2 saturated carbocycles. The summed E-state index contributed by atoms with van der Waals surface area (Å²) in [6, 6.07) is 8.72. The lowest BCUT2D eigenvalue weighted by Crippen LogP contribution is -2.39. The fourth-order valence-corrected chi connectivity index (χ4v) is 5.25. The van der Waals surface area contributed by atoms with Gasteiger partial charge in [-0.2, -0.15) is 0 Å². The molecule has 0 aromatic heterocycles. The van der Waals surface area contributed by atoms with E-state index < -0.39 is 11.4 Å². The molecular weight excluding hydrogens is 320 g/mol. The minimum Gasteiger partial charge on any atom is -0.481 e. The van der Waals surface area contributed by atoms with E-state index in [0.717, 1.165) is 43.1 Å². The fraction of sp³-hybridized carbons (Fsp3) is 0.708. The number of carboxylic acids is 1. The van der Waals surface area contributed by atoms with Crippen molar-refractivity contribution in [2.24, 2.45) is 11.8 Å². The van der Waals surface area contributed by atoms with E-state index in [2.05, 4.69) is 38.1 Å². The summed E-state index contributed by atoms with van der Waals surface area (Å²) in [5.41, 5.74) is 1.80. The second-order valence-corrected chi connectivity index (χ2v) is 9.05. The topological polar surface area (TPSA) is 37.3 Å². The van der Waals surface area contributed by atoms with E-state index in [4.69, 9.17) is 0 Å². The van der Waals surface area contributed by atoms with Crippen molar-refractivity contribution in [3.05, 3.63) is 35.4 Å². The lowest BCUT2D eigenvalue weighted by molar-refractivity contribution is -0.145. The van der Waals surface area contributed by atoms with Gasteiger partial charge in [0.25, 0.3) is 0 Å². The van der Waals surface area contributed by atoms with Crippen LogP contribution >= 0.6 is 0 Å². The average molecular weight is 357 g/mol. The molecule has 0 radical (unpaired) electrons. The summed E-state index contributed by atoms with van der Waals surface area (Å²) in [4.78, 5) is 12.2. The SMILES string of the molecule is CCCCC1CCC(C(=O)O)(c2ccc(C3CCC(C)CC3)cc2)CC1. The molecule has 26 heavy (non-hydrogen) atoms. The summed E-state index contributed by atoms with van der Waals surface area (Å²) >= 11 is 0. The Balaban J connectivity index is 1.70. The Morgan fingerprint density at radius 1 is 1.04 bits per heavy atom. The maximum atomic E-state index is 12.2. The molecule has 0 atom stereocenters. The van der Waals surface area contributed by atoms with Gasteiger partial charge in [-0.3, -0.25) is 4.79 Å². The molecule has 0 bridgehead atoms. The second kappa shape index (κ2) is 8.59. The summed E-state index contributed by atoms with van der Waals surface area (Å²) in [7, 11) is 0. The van der Waals surface area contributed by atoms with Gasteiger partial charge in [-0.05, 0) is 67.4 Å². The summed E-state index contributed by atoms with van der Waals surface area (Å²) < 4.78 is 0. The average Bonchev–Trinajstić information content (AvgIpc) is 2.67. The van der Waals surface area contributed by atoms with Crippen LogP contribution in [0.4, 0.5) is 0 Å². The summed E-state index contributed by atoms with van der Waals surface area (Å²) in [6.45, 7) is 4.59. The van der Waals surface area contributed by atoms with Gasteiger partial charge in [0.1, 0.15) is 0 Å². The maximum absolute atomic E-state index is 12.2. The van der Waals surface area contributed by atoms with Gasteiger partial charge >= 0.3 is 5.97 Å². The molecule has 0 spiro atoms. The van der Waals surface area contributed by atoms with Gasteiger partial charge < -0.3 is 5.11 Å². The van der Waals surface area contributed by atoms with Gasteiger partial charge in [-0.25, -0.2) is 0 Å². The lowest BCUT2D eigenvalue weighted by atomic mass is 9.65. The third kappa shape index (κ3) is 4.15. The van der Waals surface area contributed by atoms with E-state index in [0.29, 0.717) is 5.92 Å². The van der Waals surface area contributed by atoms with Crippen LogP contribution in [0.2, 0.25) is 0 Å². The molecule has 2 heteroatoms. The van der Waals surface area contributed by atoms with Gasteiger partial charge in [0, 0.05) is 0 Å². The molecular formula is C24H36O2. The van der Waals surface area contributed by atoms with Crippen LogP contribution in [0.5, 0.6) is 0 Å². The molecule has 0 saturated heterocycles. The number of unbranched alkanes of at least 4 members (excludes halogenated alkanes) is 1. The Kier molecular flexibility index (Phi) is 6.42. The quantitative estimate of drug-likeness (QED) is 0.617. The molecule has 2 aliphatic rings. The monoisotopic (exact) mass is 356 g/mol. The zero-order valence-electron chi connectivity index (χ0n) is 16.7. The predicted molar refractivity (Wildman–Crippen MR) is 108 cm³/mol. The number of aliphatic carboxylic acids is 1. The van der Waals surface area contributed by atoms with Crippen molar-refractivity contribution in [3.8, 4) is 0 Å². The smallest absolute Gasteiger partial charge is 0.314 e. The van der Waals surface area contributed by atoms with Gasteiger partial charge in [0.05, 0.1) is 5.41 Å². The van der Waals surface area contributed by atoms with Crippen LogP contribution in [0.25, 0.3) is 0 Å². The first-order valence-electron chi connectivity index (χ1n) is 10.9. The normalized spacial score (nSPS) is 32.3. The van der Waals surface area contributed by atoms with Crippen molar-refractivity contribution in [1.82, 2.24) is 0 Å². The Bertz CT molecular complexity index is 573. The molecule has 0 heterocycles. The van der Waals surface area contributed by atoms with Crippen molar-refractivity contribution in [3.63, 3.8) is 0 Å². The van der Waals surface area contributed by atoms with Gasteiger partial charge in [-0.1, -0.05) is 70.2 Å². The Morgan fingerprint density at radius 3 is 2.19 bits per heavy atom. The number of carboxylic acid groups (broad SMARTS) is 1. The predicted octanol–water partition coefficient (Wildman–Crippen LogP) is 6.68. The van der Waals surface area contributed by atoms with Crippen LogP contribution in [0.1, 0.15) is 102 Å². The largest absolute Gasteiger partial charge is 0.481 e. The van der Waals surface area contributed by atoms with Crippen LogP contribution in [-0.2, 0) is 10.2 Å². The standard InChI is InChI=1S/C24H36O2/c1-3-4-5-19-14-16-24(17-15-19,23(25)26)22-12-10-21(11-13-22)20-8-6-18(2)7-9-20/h10-13,18-20H,3-9,14-17H2,1-2H3,(H,25,26). The van der Waals surface area contributed by atoms with Gasteiger partial charge in [0.15, 0.2) is 0 Å². The molecule has 0 aliphatic heterocycles. The molecule has 1 aromatic rings. The Morgan fingerprint density at radius 2 is 1.65 bits per heavy atom. The Hall–Kier alpha value is -1.31. The minimum absolute atomic E-state index is 0.620. The van der Waals surface area contributed by atoms with E-state index >= 15 is 0 Å². The van der Waals surface area contributed by atoms with Gasteiger partial charge in [-0.15, -0.1) is 0 Å². The molecule has 0 unspecified atom stereocenters. The molecule has 1 N–H and O–H groups in total. The summed E-state index contributed by atoms with van der Waals surface area (Å²) in [6.07, 6.45) is 12.7. The molecule has 144 valence electrons. The highest BCUT2D eigenvalue weighted by Crippen LogP contribution is 2.44. The molecule has 0 amide bonds. The highest BCUT2D eigenvalue weighted by molar-refractivity contribution is 5.81. The first-order chi connectivity index (χ1) is 12.5. The first kappa shape index (κ1) is 19.5.